The summed E-state index contributed by atoms with van der Waals surface area (Å²) in [5.74, 6) is 0. The highest BCUT2D eigenvalue weighted by atomic mass is 16.3. The van der Waals surface area contributed by atoms with E-state index in [-0.39, 0.29) is 18.2 Å². The van der Waals surface area contributed by atoms with Gasteiger partial charge in [0.2, 0.25) is 0 Å². The first-order valence-electron chi connectivity index (χ1n) is 5.91. The molecule has 0 saturated carbocycles. The summed E-state index contributed by atoms with van der Waals surface area (Å²) in [5, 5.41) is 9.59. The van der Waals surface area contributed by atoms with E-state index in [0.717, 1.165) is 19.5 Å². The highest BCUT2D eigenvalue weighted by molar-refractivity contribution is 5.20. The van der Waals surface area contributed by atoms with E-state index in [1.807, 2.05) is 25.1 Å². The van der Waals surface area contributed by atoms with Gasteiger partial charge in [0, 0.05) is 25.2 Å². The van der Waals surface area contributed by atoms with Gasteiger partial charge in [-0.1, -0.05) is 30.3 Å². The molecular formula is C13H20N2O. The number of rotatable bonds is 3. The zero-order valence-corrected chi connectivity index (χ0v) is 9.71. The average Bonchev–Trinajstić information content (AvgIpc) is 2.66. The molecule has 1 aromatic carbocycles. The Kier molecular flexibility index (Phi) is 3.59. The lowest BCUT2D eigenvalue weighted by atomic mass is 10.00. The van der Waals surface area contributed by atoms with Gasteiger partial charge in [0.15, 0.2) is 0 Å². The number of nitrogens with two attached hydrogens (primary N) is 1. The van der Waals surface area contributed by atoms with Crippen molar-refractivity contribution in [1.29, 1.82) is 0 Å². The van der Waals surface area contributed by atoms with E-state index in [0.29, 0.717) is 0 Å². The van der Waals surface area contributed by atoms with E-state index in [1.165, 1.54) is 5.56 Å². The van der Waals surface area contributed by atoms with Gasteiger partial charge in [0.25, 0.3) is 0 Å². The standard InChI is InChI=1S/C13H20N2O/c1-10(14)13(11-5-3-2-4-6-11)15-8-7-12(16)9-15/h2-6,10,12-13,16H,7-9,14H2,1H3. The zero-order chi connectivity index (χ0) is 11.5. The van der Waals surface area contributed by atoms with E-state index >= 15 is 0 Å². The van der Waals surface area contributed by atoms with Crippen LogP contribution in [0.15, 0.2) is 30.3 Å². The van der Waals surface area contributed by atoms with Crippen molar-refractivity contribution >= 4 is 0 Å². The number of benzene rings is 1. The van der Waals surface area contributed by atoms with Gasteiger partial charge < -0.3 is 10.8 Å². The molecule has 1 saturated heterocycles. The van der Waals surface area contributed by atoms with Crippen LogP contribution in [0.3, 0.4) is 0 Å². The van der Waals surface area contributed by atoms with Crippen LogP contribution >= 0.6 is 0 Å². The van der Waals surface area contributed by atoms with Gasteiger partial charge in [-0.05, 0) is 18.9 Å². The minimum absolute atomic E-state index is 0.0766. The molecule has 0 bridgehead atoms. The molecule has 0 radical (unpaired) electrons. The van der Waals surface area contributed by atoms with E-state index in [9.17, 15) is 5.11 Å². The summed E-state index contributed by atoms with van der Waals surface area (Å²) >= 11 is 0. The number of aliphatic hydroxyl groups is 1. The third-order valence-corrected chi connectivity index (χ3v) is 3.23. The topological polar surface area (TPSA) is 49.5 Å². The quantitative estimate of drug-likeness (QED) is 0.803. The molecule has 3 heteroatoms. The molecule has 3 nitrogen and oxygen atoms in total. The molecule has 1 fully saturated rings. The second-order valence-corrected chi connectivity index (χ2v) is 4.65. The van der Waals surface area contributed by atoms with Gasteiger partial charge in [-0.15, -0.1) is 0 Å². The number of aliphatic hydroxyl groups excluding tert-OH is 1. The second kappa shape index (κ2) is 4.95. The van der Waals surface area contributed by atoms with Gasteiger partial charge in [-0.3, -0.25) is 4.90 Å². The van der Waals surface area contributed by atoms with Crippen LogP contribution in [0.5, 0.6) is 0 Å². The summed E-state index contributed by atoms with van der Waals surface area (Å²) in [7, 11) is 0. The fraction of sp³-hybridized carbons (Fsp3) is 0.538. The Morgan fingerprint density at radius 1 is 1.38 bits per heavy atom. The maximum atomic E-state index is 9.59. The van der Waals surface area contributed by atoms with Crippen molar-refractivity contribution in [2.24, 2.45) is 5.73 Å². The predicted octanol–water partition coefficient (Wildman–Crippen LogP) is 1.14. The van der Waals surface area contributed by atoms with Crippen LogP contribution in [0.25, 0.3) is 0 Å². The monoisotopic (exact) mass is 220 g/mol. The van der Waals surface area contributed by atoms with Crippen LogP contribution in [-0.4, -0.2) is 35.2 Å². The summed E-state index contributed by atoms with van der Waals surface area (Å²) in [6.45, 7) is 3.70. The lowest BCUT2D eigenvalue weighted by Crippen LogP contribution is -2.38. The minimum Gasteiger partial charge on any atom is -0.392 e. The van der Waals surface area contributed by atoms with Crippen molar-refractivity contribution in [3.05, 3.63) is 35.9 Å². The summed E-state index contributed by atoms with van der Waals surface area (Å²) in [6, 6.07) is 10.6. The van der Waals surface area contributed by atoms with Gasteiger partial charge in [0.05, 0.1) is 6.10 Å². The molecule has 3 N–H and O–H groups in total. The molecule has 0 aliphatic carbocycles. The van der Waals surface area contributed by atoms with Crippen molar-refractivity contribution in [3.8, 4) is 0 Å². The van der Waals surface area contributed by atoms with Crippen molar-refractivity contribution < 1.29 is 5.11 Å². The molecule has 2 rings (SSSR count). The second-order valence-electron chi connectivity index (χ2n) is 4.65. The van der Waals surface area contributed by atoms with E-state index in [2.05, 4.69) is 17.0 Å². The van der Waals surface area contributed by atoms with Crippen LogP contribution in [0.4, 0.5) is 0 Å². The third kappa shape index (κ3) is 2.43. The molecule has 3 unspecified atom stereocenters. The van der Waals surface area contributed by atoms with E-state index in [4.69, 9.17) is 5.73 Å². The molecule has 1 aliphatic heterocycles. The molecule has 3 atom stereocenters. The molecule has 0 amide bonds. The van der Waals surface area contributed by atoms with Crippen molar-refractivity contribution in [3.63, 3.8) is 0 Å². The first-order valence-corrected chi connectivity index (χ1v) is 5.91. The first kappa shape index (κ1) is 11.6. The zero-order valence-electron chi connectivity index (χ0n) is 9.71. The Morgan fingerprint density at radius 3 is 2.56 bits per heavy atom. The molecular weight excluding hydrogens is 200 g/mol. The fourth-order valence-corrected chi connectivity index (χ4v) is 2.52. The maximum Gasteiger partial charge on any atom is 0.0679 e. The number of nitrogens with zero attached hydrogens (tertiary/aromatic N) is 1. The lowest BCUT2D eigenvalue weighted by Gasteiger charge is -2.31. The normalized spacial score (nSPS) is 25.6. The van der Waals surface area contributed by atoms with Crippen LogP contribution in [0, 0.1) is 0 Å². The van der Waals surface area contributed by atoms with Crippen LogP contribution in [0.1, 0.15) is 24.9 Å². The van der Waals surface area contributed by atoms with E-state index < -0.39 is 0 Å². The predicted molar refractivity (Wildman–Crippen MR) is 65.0 cm³/mol. The Hall–Kier alpha value is -0.900. The molecule has 0 aromatic heterocycles. The lowest BCUT2D eigenvalue weighted by molar-refractivity contribution is 0.151. The van der Waals surface area contributed by atoms with Crippen molar-refractivity contribution in [2.45, 2.75) is 31.5 Å². The SMILES string of the molecule is CC(N)C(c1ccccc1)N1CCC(O)C1. The smallest absolute Gasteiger partial charge is 0.0679 e. The summed E-state index contributed by atoms with van der Waals surface area (Å²) in [6.07, 6.45) is 0.667. The molecule has 88 valence electrons. The van der Waals surface area contributed by atoms with Gasteiger partial charge in [-0.25, -0.2) is 0 Å². The number of likely N-dealkylation sites (tertiary alicyclic amines) is 1. The van der Waals surface area contributed by atoms with Crippen molar-refractivity contribution in [2.75, 3.05) is 13.1 Å². The molecule has 16 heavy (non-hydrogen) atoms. The number of hydrogen-bond donors (Lipinski definition) is 2. The number of hydrogen-bond acceptors (Lipinski definition) is 3. The Morgan fingerprint density at radius 2 is 2.06 bits per heavy atom. The Labute approximate surface area is 96.9 Å². The van der Waals surface area contributed by atoms with E-state index in [1.54, 1.807) is 0 Å². The number of β-amino-alcohol motifs (C(OH)–C–C–N with tert-alkyl or cyclic N) is 1. The molecule has 1 aromatic rings. The Bertz CT molecular complexity index is 326. The fourth-order valence-electron chi connectivity index (χ4n) is 2.52. The Balaban J connectivity index is 2.18. The van der Waals surface area contributed by atoms with Gasteiger partial charge >= 0.3 is 0 Å². The maximum absolute atomic E-state index is 9.59. The van der Waals surface area contributed by atoms with Gasteiger partial charge in [-0.2, -0.15) is 0 Å². The molecule has 1 heterocycles. The minimum atomic E-state index is -0.190. The van der Waals surface area contributed by atoms with Crippen molar-refractivity contribution in [1.82, 2.24) is 4.90 Å². The molecule has 1 aliphatic rings. The summed E-state index contributed by atoms with van der Waals surface area (Å²) in [5.41, 5.74) is 7.31. The summed E-state index contributed by atoms with van der Waals surface area (Å²) in [4.78, 5) is 2.28. The summed E-state index contributed by atoms with van der Waals surface area (Å²) < 4.78 is 0. The van der Waals surface area contributed by atoms with Crippen LogP contribution in [-0.2, 0) is 0 Å². The highest BCUT2D eigenvalue weighted by Crippen LogP contribution is 2.27. The molecule has 0 spiro atoms. The van der Waals surface area contributed by atoms with Crippen LogP contribution < -0.4 is 5.73 Å². The first-order chi connectivity index (χ1) is 7.68. The van der Waals surface area contributed by atoms with Crippen LogP contribution in [0.2, 0.25) is 0 Å². The largest absolute Gasteiger partial charge is 0.392 e. The van der Waals surface area contributed by atoms with Gasteiger partial charge in [0.1, 0.15) is 0 Å². The average molecular weight is 220 g/mol. The third-order valence-electron chi connectivity index (χ3n) is 3.23. The highest BCUT2D eigenvalue weighted by Gasteiger charge is 2.29.